The lowest BCUT2D eigenvalue weighted by molar-refractivity contribution is 0.252. The molecule has 1 aromatic carbocycles. The minimum Gasteiger partial charge on any atom is -0.337 e. The first-order chi connectivity index (χ1) is 13.2. The number of carbonyl (C=O) groups is 1. The Bertz CT molecular complexity index is 950. The van der Waals surface area contributed by atoms with Crippen molar-refractivity contribution in [3.8, 4) is 5.13 Å². The summed E-state index contributed by atoms with van der Waals surface area (Å²) in [5.74, 6) is 0. The van der Waals surface area contributed by atoms with Gasteiger partial charge in [-0.2, -0.15) is 5.10 Å². The first-order valence-corrected chi connectivity index (χ1v) is 10.2. The summed E-state index contributed by atoms with van der Waals surface area (Å²) in [7, 11) is 0. The molecule has 0 aliphatic carbocycles. The molecule has 0 radical (unpaired) electrons. The highest BCUT2D eigenvalue weighted by Gasteiger charge is 2.13. The third kappa shape index (κ3) is 4.98. The van der Waals surface area contributed by atoms with Crippen molar-refractivity contribution in [3.05, 3.63) is 58.4 Å². The molecule has 7 heteroatoms. The molecule has 0 saturated carbocycles. The van der Waals surface area contributed by atoms with Gasteiger partial charge in [0, 0.05) is 29.7 Å². The SMILES string of the molecule is Cc1cc(C)n(-c2nc(CCNC(=O)Nc3ccc(C(C)(C)C)cc3)cs2)n1. The van der Waals surface area contributed by atoms with Gasteiger partial charge >= 0.3 is 6.03 Å². The lowest BCUT2D eigenvalue weighted by Gasteiger charge is -2.19. The normalized spacial score (nSPS) is 11.5. The van der Waals surface area contributed by atoms with Crippen LogP contribution >= 0.6 is 11.3 Å². The van der Waals surface area contributed by atoms with Gasteiger partial charge in [-0.1, -0.05) is 32.9 Å². The Morgan fingerprint density at radius 2 is 1.89 bits per heavy atom. The maximum atomic E-state index is 12.1. The van der Waals surface area contributed by atoms with E-state index in [0.717, 1.165) is 27.9 Å². The number of urea groups is 1. The Kier molecular flexibility index (Phi) is 5.84. The van der Waals surface area contributed by atoms with Crippen molar-refractivity contribution in [1.82, 2.24) is 20.1 Å². The molecule has 2 N–H and O–H groups in total. The van der Waals surface area contributed by atoms with Crippen LogP contribution in [0.4, 0.5) is 10.5 Å². The molecule has 2 heterocycles. The van der Waals surface area contributed by atoms with E-state index in [1.54, 1.807) is 11.3 Å². The van der Waals surface area contributed by atoms with Crippen LogP contribution in [0.3, 0.4) is 0 Å². The topological polar surface area (TPSA) is 71.8 Å². The van der Waals surface area contributed by atoms with Gasteiger partial charge in [-0.25, -0.2) is 14.5 Å². The number of nitrogens with one attached hydrogen (secondary N) is 2. The Balaban J connectivity index is 1.49. The van der Waals surface area contributed by atoms with Crippen LogP contribution in [-0.2, 0) is 11.8 Å². The number of aryl methyl sites for hydroxylation is 2. The molecule has 0 fully saturated rings. The number of hydrogen-bond donors (Lipinski definition) is 2. The third-order valence-corrected chi connectivity index (χ3v) is 5.27. The maximum absolute atomic E-state index is 12.1. The van der Waals surface area contributed by atoms with Crippen LogP contribution in [0, 0.1) is 13.8 Å². The van der Waals surface area contributed by atoms with Crippen LogP contribution < -0.4 is 10.6 Å². The van der Waals surface area contributed by atoms with Crippen LogP contribution in [0.25, 0.3) is 5.13 Å². The van der Waals surface area contributed by atoms with Gasteiger partial charge in [0.15, 0.2) is 0 Å². The number of aromatic nitrogens is 3. The van der Waals surface area contributed by atoms with Crippen LogP contribution in [0.1, 0.15) is 43.4 Å². The predicted octanol–water partition coefficient (Wildman–Crippen LogP) is 4.61. The Hall–Kier alpha value is -2.67. The van der Waals surface area contributed by atoms with E-state index < -0.39 is 0 Å². The minimum absolute atomic E-state index is 0.0978. The summed E-state index contributed by atoms with van der Waals surface area (Å²) < 4.78 is 1.85. The number of nitrogens with zero attached hydrogens (tertiary/aromatic N) is 3. The lowest BCUT2D eigenvalue weighted by atomic mass is 9.87. The number of amides is 2. The maximum Gasteiger partial charge on any atom is 0.319 e. The zero-order chi connectivity index (χ0) is 20.3. The molecule has 0 spiro atoms. The van der Waals surface area contributed by atoms with Gasteiger partial charge in [0.25, 0.3) is 0 Å². The lowest BCUT2D eigenvalue weighted by Crippen LogP contribution is -2.30. The first kappa shape index (κ1) is 20.1. The van der Waals surface area contributed by atoms with Crippen LogP contribution in [-0.4, -0.2) is 27.3 Å². The number of rotatable bonds is 5. The summed E-state index contributed by atoms with van der Waals surface area (Å²) in [6.45, 7) is 11.0. The van der Waals surface area contributed by atoms with E-state index in [9.17, 15) is 4.79 Å². The second-order valence-electron chi connectivity index (χ2n) is 7.92. The predicted molar refractivity (Wildman–Crippen MR) is 115 cm³/mol. The molecule has 2 aromatic heterocycles. The number of carbonyl (C=O) groups excluding carboxylic acids is 1. The van der Waals surface area contributed by atoms with E-state index in [1.165, 1.54) is 5.56 Å². The van der Waals surface area contributed by atoms with Crippen molar-refractivity contribution in [2.45, 2.75) is 46.5 Å². The Morgan fingerprint density at radius 3 is 2.50 bits per heavy atom. The fourth-order valence-corrected chi connectivity index (χ4v) is 3.73. The quantitative estimate of drug-likeness (QED) is 0.660. The van der Waals surface area contributed by atoms with Crippen molar-refractivity contribution >= 4 is 23.1 Å². The van der Waals surface area contributed by atoms with Crippen molar-refractivity contribution < 1.29 is 4.79 Å². The summed E-state index contributed by atoms with van der Waals surface area (Å²) in [5, 5.41) is 13.1. The summed E-state index contributed by atoms with van der Waals surface area (Å²) in [6.07, 6.45) is 0.673. The average Bonchev–Trinajstić information content (AvgIpc) is 3.20. The monoisotopic (exact) mass is 397 g/mol. The van der Waals surface area contributed by atoms with Crippen molar-refractivity contribution in [2.75, 3.05) is 11.9 Å². The van der Waals surface area contributed by atoms with Crippen molar-refractivity contribution in [2.24, 2.45) is 0 Å². The molecular weight excluding hydrogens is 370 g/mol. The molecule has 0 aliphatic rings. The molecule has 0 unspecified atom stereocenters. The molecule has 2 amide bonds. The molecule has 3 aromatic rings. The fraction of sp³-hybridized carbons (Fsp3) is 0.381. The van der Waals surface area contributed by atoms with Crippen molar-refractivity contribution in [1.29, 1.82) is 0 Å². The van der Waals surface area contributed by atoms with E-state index in [4.69, 9.17) is 0 Å². The standard InChI is InChI=1S/C21H27N5OS/c1-14-12-15(2)26(25-14)20-24-18(13-28-20)10-11-22-19(27)23-17-8-6-16(7-9-17)21(3,4)5/h6-9,12-13H,10-11H2,1-5H3,(H2,22,23,27). The van der Waals surface area contributed by atoms with Crippen LogP contribution in [0.2, 0.25) is 0 Å². The minimum atomic E-state index is -0.211. The summed E-state index contributed by atoms with van der Waals surface area (Å²) in [6, 6.07) is 9.78. The molecule has 28 heavy (non-hydrogen) atoms. The van der Waals surface area contributed by atoms with Gasteiger partial charge in [0.1, 0.15) is 0 Å². The first-order valence-electron chi connectivity index (χ1n) is 9.36. The molecule has 0 saturated heterocycles. The highest BCUT2D eigenvalue weighted by Crippen LogP contribution is 2.23. The number of thiazole rings is 1. The van der Waals surface area contributed by atoms with E-state index in [2.05, 4.69) is 41.5 Å². The summed E-state index contributed by atoms with van der Waals surface area (Å²) >= 11 is 1.56. The second kappa shape index (κ2) is 8.14. The molecule has 148 valence electrons. The smallest absolute Gasteiger partial charge is 0.319 e. The number of anilines is 1. The number of hydrogen-bond acceptors (Lipinski definition) is 4. The molecule has 0 atom stereocenters. The third-order valence-electron chi connectivity index (χ3n) is 4.41. The second-order valence-corrected chi connectivity index (χ2v) is 8.76. The summed E-state index contributed by atoms with van der Waals surface area (Å²) in [5.41, 5.74) is 5.10. The molecule has 6 nitrogen and oxygen atoms in total. The van der Waals surface area contributed by atoms with Gasteiger partial charge in [-0.15, -0.1) is 11.3 Å². The van der Waals surface area contributed by atoms with Crippen LogP contribution in [0.15, 0.2) is 35.7 Å². The average molecular weight is 398 g/mol. The zero-order valence-electron chi connectivity index (χ0n) is 17.0. The highest BCUT2D eigenvalue weighted by atomic mass is 32.1. The van der Waals surface area contributed by atoms with Gasteiger partial charge in [-0.3, -0.25) is 0 Å². The summed E-state index contributed by atoms with van der Waals surface area (Å²) in [4.78, 5) is 16.7. The van der Waals surface area contributed by atoms with Gasteiger partial charge in [0.2, 0.25) is 5.13 Å². The fourth-order valence-electron chi connectivity index (χ4n) is 2.86. The number of benzene rings is 1. The Morgan fingerprint density at radius 1 is 1.18 bits per heavy atom. The highest BCUT2D eigenvalue weighted by molar-refractivity contribution is 7.12. The largest absolute Gasteiger partial charge is 0.337 e. The molecule has 3 rings (SSSR count). The Labute approximate surface area is 170 Å². The van der Waals surface area contributed by atoms with E-state index in [0.29, 0.717) is 13.0 Å². The van der Waals surface area contributed by atoms with Crippen LogP contribution in [0.5, 0.6) is 0 Å². The zero-order valence-corrected chi connectivity index (χ0v) is 17.9. The molecular formula is C21H27N5OS. The van der Waals surface area contributed by atoms with E-state index >= 15 is 0 Å². The molecule has 0 aliphatic heterocycles. The molecule has 0 bridgehead atoms. The van der Waals surface area contributed by atoms with Crippen molar-refractivity contribution in [3.63, 3.8) is 0 Å². The van der Waals surface area contributed by atoms with Gasteiger partial charge in [-0.05, 0) is 43.0 Å². The van der Waals surface area contributed by atoms with E-state index in [1.807, 2.05) is 54.2 Å². The van der Waals surface area contributed by atoms with E-state index in [-0.39, 0.29) is 11.4 Å². The van der Waals surface area contributed by atoms with Gasteiger partial charge < -0.3 is 10.6 Å². The van der Waals surface area contributed by atoms with Gasteiger partial charge in [0.05, 0.1) is 11.4 Å².